The highest BCUT2D eigenvalue weighted by Gasteiger charge is 2.29. The fourth-order valence-electron chi connectivity index (χ4n) is 2.65. The van der Waals surface area contributed by atoms with Crippen LogP contribution < -0.4 is 10.1 Å². The quantitative estimate of drug-likeness (QED) is 0.931. The Morgan fingerprint density at radius 3 is 3.05 bits per heavy atom. The van der Waals surface area contributed by atoms with Crippen molar-refractivity contribution in [2.45, 2.75) is 31.7 Å². The highest BCUT2D eigenvalue weighted by molar-refractivity contribution is 5.79. The number of rotatable bonds is 4. The zero-order chi connectivity index (χ0) is 14.9. The van der Waals surface area contributed by atoms with Gasteiger partial charge in [-0.25, -0.2) is 0 Å². The molecule has 1 saturated carbocycles. The lowest BCUT2D eigenvalue weighted by molar-refractivity contribution is -0.126. The predicted octanol–water partition coefficient (Wildman–Crippen LogP) is 1.81. The lowest BCUT2D eigenvalue weighted by Gasteiger charge is -2.24. The van der Waals surface area contributed by atoms with Gasteiger partial charge in [0.05, 0.1) is 12.5 Å². The van der Waals surface area contributed by atoms with E-state index in [0.717, 1.165) is 30.0 Å². The van der Waals surface area contributed by atoms with E-state index in [4.69, 9.17) is 9.26 Å². The largest absolute Gasteiger partial charge is 0.492 e. The maximum Gasteiger partial charge on any atom is 0.246 e. The normalized spacial score (nSPS) is 20.1. The molecule has 1 aromatic carbocycles. The average Bonchev–Trinajstić information content (AvgIpc) is 3.31. The molecule has 6 heteroatoms. The van der Waals surface area contributed by atoms with Gasteiger partial charge in [0.1, 0.15) is 12.4 Å². The number of amides is 1. The molecular formula is C16H17N3O3. The van der Waals surface area contributed by atoms with Crippen LogP contribution in [0.2, 0.25) is 0 Å². The number of benzene rings is 1. The molecule has 6 nitrogen and oxygen atoms in total. The number of para-hydroxylation sites is 1. The van der Waals surface area contributed by atoms with Crippen molar-refractivity contribution in [2.75, 3.05) is 6.61 Å². The molecular weight excluding hydrogens is 282 g/mol. The topological polar surface area (TPSA) is 77.3 Å². The maximum atomic E-state index is 12.3. The molecule has 0 radical (unpaired) electrons. The molecule has 22 heavy (non-hydrogen) atoms. The molecule has 1 aliphatic heterocycles. The molecule has 1 fully saturated rings. The standard InChI is InChI=1S/C16H17N3O3/c20-16(12-7-11-3-1-2-4-13(11)21-9-12)17-8-14-18-15(19-22-14)10-5-6-10/h1-4,10,12H,5-9H2,(H,17,20)/t12-/m0/s1. The Morgan fingerprint density at radius 2 is 2.18 bits per heavy atom. The first-order valence-corrected chi connectivity index (χ1v) is 7.60. The minimum atomic E-state index is -0.180. The first kappa shape index (κ1) is 13.3. The molecule has 2 heterocycles. The summed E-state index contributed by atoms with van der Waals surface area (Å²) < 4.78 is 10.8. The molecule has 2 aliphatic rings. The third-order valence-corrected chi connectivity index (χ3v) is 4.09. The average molecular weight is 299 g/mol. The molecule has 2 aromatic rings. The molecule has 0 saturated heterocycles. The Morgan fingerprint density at radius 1 is 1.32 bits per heavy atom. The van der Waals surface area contributed by atoms with Gasteiger partial charge in [-0.05, 0) is 30.9 Å². The van der Waals surface area contributed by atoms with Gasteiger partial charge in [-0.3, -0.25) is 4.79 Å². The van der Waals surface area contributed by atoms with E-state index >= 15 is 0 Å². The fraction of sp³-hybridized carbons (Fsp3) is 0.438. The van der Waals surface area contributed by atoms with Gasteiger partial charge in [0.15, 0.2) is 5.82 Å². The van der Waals surface area contributed by atoms with Crippen LogP contribution in [0.3, 0.4) is 0 Å². The van der Waals surface area contributed by atoms with Gasteiger partial charge in [0.2, 0.25) is 11.8 Å². The van der Waals surface area contributed by atoms with Crippen LogP contribution in [0.5, 0.6) is 5.75 Å². The zero-order valence-corrected chi connectivity index (χ0v) is 12.1. The van der Waals surface area contributed by atoms with E-state index in [1.807, 2.05) is 24.3 Å². The highest BCUT2D eigenvalue weighted by Crippen LogP contribution is 2.38. The number of fused-ring (bicyclic) bond motifs is 1. The third kappa shape index (κ3) is 2.68. The second-order valence-electron chi connectivity index (χ2n) is 5.86. The molecule has 0 bridgehead atoms. The van der Waals surface area contributed by atoms with E-state index in [1.165, 1.54) is 0 Å². The van der Waals surface area contributed by atoms with Crippen LogP contribution in [0.1, 0.15) is 36.0 Å². The van der Waals surface area contributed by atoms with Crippen molar-refractivity contribution >= 4 is 5.91 Å². The van der Waals surface area contributed by atoms with Gasteiger partial charge >= 0.3 is 0 Å². The van der Waals surface area contributed by atoms with Crippen molar-refractivity contribution in [3.05, 3.63) is 41.5 Å². The minimum Gasteiger partial charge on any atom is -0.492 e. The van der Waals surface area contributed by atoms with Crippen molar-refractivity contribution in [2.24, 2.45) is 5.92 Å². The van der Waals surface area contributed by atoms with Crippen LogP contribution in [0.25, 0.3) is 0 Å². The smallest absolute Gasteiger partial charge is 0.246 e. The minimum absolute atomic E-state index is 0.0410. The summed E-state index contributed by atoms with van der Waals surface area (Å²) in [6.45, 7) is 0.677. The molecule has 114 valence electrons. The van der Waals surface area contributed by atoms with E-state index in [-0.39, 0.29) is 18.4 Å². The second-order valence-corrected chi connectivity index (χ2v) is 5.86. The number of ether oxygens (including phenoxy) is 1. The van der Waals surface area contributed by atoms with Crippen LogP contribution in [-0.4, -0.2) is 22.7 Å². The van der Waals surface area contributed by atoms with E-state index < -0.39 is 0 Å². The van der Waals surface area contributed by atoms with E-state index in [0.29, 0.717) is 24.8 Å². The van der Waals surface area contributed by atoms with Gasteiger partial charge < -0.3 is 14.6 Å². The number of hydrogen-bond donors (Lipinski definition) is 1. The van der Waals surface area contributed by atoms with Crippen molar-refractivity contribution in [1.82, 2.24) is 15.5 Å². The molecule has 0 unspecified atom stereocenters. The maximum absolute atomic E-state index is 12.3. The van der Waals surface area contributed by atoms with Crippen molar-refractivity contribution in [3.8, 4) is 5.75 Å². The van der Waals surface area contributed by atoms with Crippen molar-refractivity contribution in [3.63, 3.8) is 0 Å². The summed E-state index contributed by atoms with van der Waals surface area (Å²) in [6.07, 6.45) is 2.95. The molecule has 4 rings (SSSR count). The Hall–Kier alpha value is -2.37. The van der Waals surface area contributed by atoms with Gasteiger partial charge in [-0.15, -0.1) is 0 Å². The molecule has 1 N–H and O–H groups in total. The van der Waals surface area contributed by atoms with E-state index in [9.17, 15) is 4.79 Å². The molecule has 1 aromatic heterocycles. The van der Waals surface area contributed by atoms with Gasteiger partial charge in [-0.1, -0.05) is 23.4 Å². The Balaban J connectivity index is 1.34. The van der Waals surface area contributed by atoms with Crippen molar-refractivity contribution < 1.29 is 14.1 Å². The Bertz CT molecular complexity index is 693. The lowest BCUT2D eigenvalue weighted by atomic mass is 9.96. The summed E-state index contributed by atoms with van der Waals surface area (Å²) in [4.78, 5) is 16.6. The molecule has 1 aliphatic carbocycles. The molecule has 0 spiro atoms. The summed E-state index contributed by atoms with van der Waals surface area (Å²) in [6, 6.07) is 7.82. The fourth-order valence-corrected chi connectivity index (χ4v) is 2.65. The van der Waals surface area contributed by atoms with Crippen LogP contribution >= 0.6 is 0 Å². The number of carbonyl (C=O) groups excluding carboxylic acids is 1. The van der Waals surface area contributed by atoms with Crippen LogP contribution in [0.15, 0.2) is 28.8 Å². The number of nitrogens with one attached hydrogen (secondary N) is 1. The number of aromatic nitrogens is 2. The molecule has 1 amide bonds. The number of nitrogens with zero attached hydrogens (tertiary/aromatic N) is 2. The summed E-state index contributed by atoms with van der Waals surface area (Å²) in [5, 5.41) is 6.79. The van der Waals surface area contributed by atoms with E-state index in [2.05, 4.69) is 15.5 Å². The summed E-state index contributed by atoms with van der Waals surface area (Å²) in [5.41, 5.74) is 1.07. The van der Waals surface area contributed by atoms with Crippen LogP contribution in [0.4, 0.5) is 0 Å². The highest BCUT2D eigenvalue weighted by atomic mass is 16.5. The number of carbonyl (C=O) groups is 1. The third-order valence-electron chi connectivity index (χ3n) is 4.09. The van der Waals surface area contributed by atoms with Crippen LogP contribution in [-0.2, 0) is 17.8 Å². The molecule has 1 atom stereocenters. The first-order chi connectivity index (χ1) is 10.8. The van der Waals surface area contributed by atoms with Gasteiger partial charge in [0.25, 0.3) is 0 Å². The first-order valence-electron chi connectivity index (χ1n) is 7.60. The monoisotopic (exact) mass is 299 g/mol. The predicted molar refractivity (Wildman–Crippen MR) is 77.3 cm³/mol. The zero-order valence-electron chi connectivity index (χ0n) is 12.1. The summed E-state index contributed by atoms with van der Waals surface area (Å²) in [7, 11) is 0. The second kappa shape index (κ2) is 5.44. The van der Waals surface area contributed by atoms with E-state index in [1.54, 1.807) is 0 Å². The summed E-state index contributed by atoms with van der Waals surface area (Å²) in [5.74, 6) is 2.34. The summed E-state index contributed by atoms with van der Waals surface area (Å²) >= 11 is 0. The van der Waals surface area contributed by atoms with Crippen LogP contribution in [0, 0.1) is 5.92 Å². The van der Waals surface area contributed by atoms with Gasteiger partial charge in [0, 0.05) is 5.92 Å². The lowest BCUT2D eigenvalue weighted by Crippen LogP contribution is -2.37. The Labute approximate surface area is 127 Å². The van der Waals surface area contributed by atoms with Gasteiger partial charge in [-0.2, -0.15) is 4.98 Å². The number of hydrogen-bond acceptors (Lipinski definition) is 5. The van der Waals surface area contributed by atoms with Crippen molar-refractivity contribution in [1.29, 1.82) is 0 Å². The SMILES string of the molecule is O=C(NCc1nc(C2CC2)no1)[C@@H]1COc2ccccc2C1. The Kier molecular flexibility index (Phi) is 3.29.